The zero-order valence-corrected chi connectivity index (χ0v) is 16.1. The number of aryl methyl sites for hydroxylation is 1. The third-order valence-corrected chi connectivity index (χ3v) is 3.62. The highest BCUT2D eigenvalue weighted by molar-refractivity contribution is 14.0. The molecule has 0 saturated carbocycles. The number of guanidine groups is 1. The average Bonchev–Trinajstić information content (AvgIpc) is 2.77. The van der Waals surface area contributed by atoms with Crippen molar-refractivity contribution in [3.63, 3.8) is 0 Å². The summed E-state index contributed by atoms with van der Waals surface area (Å²) in [6.45, 7) is 10.8. The summed E-state index contributed by atoms with van der Waals surface area (Å²) < 4.78 is 1.97. The van der Waals surface area contributed by atoms with Crippen molar-refractivity contribution in [2.45, 2.75) is 47.1 Å². The maximum absolute atomic E-state index is 4.57. The van der Waals surface area contributed by atoms with E-state index in [1.165, 1.54) is 12.8 Å². The van der Waals surface area contributed by atoms with E-state index in [0.717, 1.165) is 30.7 Å². The molecule has 0 amide bonds. The molecule has 0 spiro atoms. The molecule has 1 rings (SSSR count). The van der Waals surface area contributed by atoms with Crippen molar-refractivity contribution in [1.29, 1.82) is 0 Å². The number of hydrogen-bond acceptors (Lipinski definition) is 3. The Morgan fingerprint density at radius 3 is 2.33 bits per heavy atom. The van der Waals surface area contributed by atoms with Crippen molar-refractivity contribution in [1.82, 2.24) is 25.4 Å². The summed E-state index contributed by atoms with van der Waals surface area (Å²) in [5, 5.41) is 14.8. The number of hydrogen-bond donors (Lipinski definition) is 2. The summed E-state index contributed by atoms with van der Waals surface area (Å²) in [5.41, 5.74) is 0. The van der Waals surface area contributed by atoms with Crippen molar-refractivity contribution < 1.29 is 0 Å². The molecule has 0 bridgehead atoms. The molecule has 0 aliphatic carbocycles. The quantitative estimate of drug-likeness (QED) is 0.413. The lowest BCUT2D eigenvalue weighted by atomic mass is 10.0. The van der Waals surface area contributed by atoms with Crippen LogP contribution in [0.15, 0.2) is 4.99 Å². The molecule has 0 aromatic carbocycles. The molecule has 122 valence electrons. The van der Waals surface area contributed by atoms with Gasteiger partial charge in [0.2, 0.25) is 0 Å². The second kappa shape index (κ2) is 10.8. The van der Waals surface area contributed by atoms with E-state index in [0.29, 0.717) is 12.5 Å². The predicted octanol–water partition coefficient (Wildman–Crippen LogP) is 2.23. The molecule has 7 heteroatoms. The molecule has 0 radical (unpaired) electrons. The molecule has 2 N–H and O–H groups in total. The normalized spacial score (nSPS) is 11.4. The molecule has 0 aliphatic rings. The van der Waals surface area contributed by atoms with Gasteiger partial charge in [-0.15, -0.1) is 34.2 Å². The van der Waals surface area contributed by atoms with Crippen molar-refractivity contribution in [2.75, 3.05) is 13.1 Å². The summed E-state index contributed by atoms with van der Waals surface area (Å²) in [6, 6.07) is 0. The van der Waals surface area contributed by atoms with Crippen LogP contribution in [0, 0.1) is 12.8 Å². The van der Waals surface area contributed by atoms with Crippen LogP contribution in [0.25, 0.3) is 0 Å². The Morgan fingerprint density at radius 2 is 1.86 bits per heavy atom. The fraction of sp³-hybridized carbons (Fsp3) is 0.786. The van der Waals surface area contributed by atoms with Gasteiger partial charge in [0.1, 0.15) is 12.4 Å². The van der Waals surface area contributed by atoms with Gasteiger partial charge in [0.15, 0.2) is 11.8 Å². The third kappa shape index (κ3) is 6.62. The van der Waals surface area contributed by atoms with Crippen LogP contribution < -0.4 is 10.6 Å². The zero-order valence-electron chi connectivity index (χ0n) is 13.8. The second-order valence-electron chi connectivity index (χ2n) is 4.98. The predicted molar refractivity (Wildman–Crippen MR) is 98.0 cm³/mol. The Morgan fingerprint density at radius 1 is 1.19 bits per heavy atom. The van der Waals surface area contributed by atoms with Crippen LogP contribution in [-0.4, -0.2) is 33.8 Å². The Bertz CT molecular complexity index is 425. The molecule has 1 heterocycles. The molecule has 0 saturated heterocycles. The fourth-order valence-corrected chi connectivity index (χ4v) is 1.90. The van der Waals surface area contributed by atoms with E-state index in [1.54, 1.807) is 0 Å². The van der Waals surface area contributed by atoms with E-state index in [2.05, 4.69) is 46.6 Å². The fourth-order valence-electron chi connectivity index (χ4n) is 1.90. The number of nitrogens with zero attached hydrogens (tertiary/aromatic N) is 4. The van der Waals surface area contributed by atoms with E-state index in [9.17, 15) is 0 Å². The van der Waals surface area contributed by atoms with Gasteiger partial charge in [0, 0.05) is 20.1 Å². The minimum Gasteiger partial charge on any atom is -0.357 e. The smallest absolute Gasteiger partial charge is 0.191 e. The summed E-state index contributed by atoms with van der Waals surface area (Å²) in [7, 11) is 1.96. The van der Waals surface area contributed by atoms with Gasteiger partial charge in [0.05, 0.1) is 0 Å². The van der Waals surface area contributed by atoms with Gasteiger partial charge < -0.3 is 15.2 Å². The van der Waals surface area contributed by atoms with Crippen LogP contribution >= 0.6 is 24.0 Å². The van der Waals surface area contributed by atoms with Crippen molar-refractivity contribution in [3.8, 4) is 0 Å². The minimum atomic E-state index is 0. The van der Waals surface area contributed by atoms with Gasteiger partial charge in [-0.1, -0.05) is 26.7 Å². The zero-order chi connectivity index (χ0) is 15.0. The van der Waals surface area contributed by atoms with E-state index in [4.69, 9.17) is 0 Å². The number of aliphatic imine (C=N–C) groups is 1. The van der Waals surface area contributed by atoms with Gasteiger partial charge >= 0.3 is 0 Å². The molecule has 1 aromatic rings. The molecule has 6 nitrogen and oxygen atoms in total. The molecule has 0 atom stereocenters. The van der Waals surface area contributed by atoms with Crippen LogP contribution in [0.1, 0.15) is 45.3 Å². The number of rotatable bonds is 7. The van der Waals surface area contributed by atoms with Gasteiger partial charge in [-0.05, 0) is 19.8 Å². The highest BCUT2D eigenvalue weighted by Gasteiger charge is 2.07. The average molecular weight is 408 g/mol. The summed E-state index contributed by atoms with van der Waals surface area (Å²) >= 11 is 0. The van der Waals surface area contributed by atoms with Crippen LogP contribution in [0.4, 0.5) is 0 Å². The van der Waals surface area contributed by atoms with Gasteiger partial charge in [-0.25, -0.2) is 4.99 Å². The van der Waals surface area contributed by atoms with Crippen LogP contribution in [0.2, 0.25) is 0 Å². The van der Waals surface area contributed by atoms with Crippen molar-refractivity contribution in [2.24, 2.45) is 18.0 Å². The Labute approximate surface area is 145 Å². The van der Waals surface area contributed by atoms with Crippen LogP contribution in [0.5, 0.6) is 0 Å². The lowest BCUT2D eigenvalue weighted by Crippen LogP contribution is -2.39. The largest absolute Gasteiger partial charge is 0.357 e. The maximum Gasteiger partial charge on any atom is 0.191 e. The van der Waals surface area contributed by atoms with Gasteiger partial charge in [0.25, 0.3) is 0 Å². The van der Waals surface area contributed by atoms with E-state index in [1.807, 2.05) is 18.5 Å². The highest BCUT2D eigenvalue weighted by Crippen LogP contribution is 2.05. The van der Waals surface area contributed by atoms with E-state index >= 15 is 0 Å². The summed E-state index contributed by atoms with van der Waals surface area (Å²) in [5.74, 6) is 3.32. The highest BCUT2D eigenvalue weighted by atomic mass is 127. The molecule has 1 aromatic heterocycles. The van der Waals surface area contributed by atoms with Crippen LogP contribution in [-0.2, 0) is 13.6 Å². The first kappa shape index (κ1) is 20.1. The number of nitrogens with one attached hydrogen (secondary N) is 2. The Kier molecular flexibility index (Phi) is 10.4. The second-order valence-corrected chi connectivity index (χ2v) is 4.98. The first-order valence-electron chi connectivity index (χ1n) is 7.49. The van der Waals surface area contributed by atoms with Crippen molar-refractivity contribution in [3.05, 3.63) is 11.6 Å². The Balaban J connectivity index is 0.00000400. The molecule has 0 aliphatic heterocycles. The first-order chi connectivity index (χ1) is 9.62. The van der Waals surface area contributed by atoms with E-state index in [-0.39, 0.29) is 24.0 Å². The van der Waals surface area contributed by atoms with Crippen LogP contribution in [0.3, 0.4) is 0 Å². The number of halogens is 1. The lowest BCUT2D eigenvalue weighted by Gasteiger charge is -2.16. The standard InChI is InChI=1S/C14H28N6.HI/c1-6-12(7-2)9-16-14(15-8-3)17-10-13-19-18-11(4)20(13)5;/h12H,6-10H2,1-5H3,(H2,15,16,17);1H. The molecule has 0 unspecified atom stereocenters. The SMILES string of the molecule is CCNC(=NCc1nnc(C)n1C)NCC(CC)CC.I. The minimum absolute atomic E-state index is 0. The lowest BCUT2D eigenvalue weighted by molar-refractivity contribution is 0.481. The topological polar surface area (TPSA) is 67.1 Å². The molecule has 0 fully saturated rings. The summed E-state index contributed by atoms with van der Waals surface area (Å²) in [4.78, 5) is 4.57. The first-order valence-corrected chi connectivity index (χ1v) is 7.49. The third-order valence-electron chi connectivity index (χ3n) is 3.62. The van der Waals surface area contributed by atoms with Crippen molar-refractivity contribution >= 4 is 29.9 Å². The molecular formula is C14H29IN6. The monoisotopic (exact) mass is 408 g/mol. The summed E-state index contributed by atoms with van der Waals surface area (Å²) in [6.07, 6.45) is 2.37. The maximum atomic E-state index is 4.57. The van der Waals surface area contributed by atoms with E-state index < -0.39 is 0 Å². The Hall–Kier alpha value is -0.860. The molecular weight excluding hydrogens is 379 g/mol. The van der Waals surface area contributed by atoms with Gasteiger partial charge in [-0.3, -0.25) is 0 Å². The molecule has 21 heavy (non-hydrogen) atoms. The number of aromatic nitrogens is 3. The van der Waals surface area contributed by atoms with Gasteiger partial charge in [-0.2, -0.15) is 0 Å².